The number of anilines is 1. The van der Waals surface area contributed by atoms with Gasteiger partial charge in [0.2, 0.25) is 5.91 Å². The molecule has 3 rings (SSSR count). The molecule has 0 unspecified atom stereocenters. The van der Waals surface area contributed by atoms with Crippen LogP contribution >= 0.6 is 11.6 Å². The fourth-order valence-corrected chi connectivity index (χ4v) is 3.29. The maximum Gasteiger partial charge on any atom is 0.267 e. The number of carbonyl (C=O) groups is 2. The second kappa shape index (κ2) is 9.91. The molecule has 6 nitrogen and oxygen atoms in total. The predicted octanol–water partition coefficient (Wildman–Crippen LogP) is 3.22. The summed E-state index contributed by atoms with van der Waals surface area (Å²) in [6.45, 7) is 2.81. The Kier molecular flexibility index (Phi) is 7.05. The lowest BCUT2D eigenvalue weighted by Gasteiger charge is -2.35. The highest BCUT2D eigenvalue weighted by molar-refractivity contribution is 6.30. The van der Waals surface area contributed by atoms with E-state index in [0.29, 0.717) is 18.1 Å². The molecule has 0 bridgehead atoms. The topological polar surface area (TPSA) is 72.9 Å². The van der Waals surface area contributed by atoms with Crippen molar-refractivity contribution in [3.63, 3.8) is 0 Å². The number of hydrogen-bond acceptors (Lipinski definition) is 4. The van der Waals surface area contributed by atoms with E-state index in [1.54, 1.807) is 23.7 Å². The van der Waals surface area contributed by atoms with Gasteiger partial charge in [-0.15, -0.1) is 0 Å². The summed E-state index contributed by atoms with van der Waals surface area (Å²) in [6.07, 6.45) is 6.14. The Morgan fingerprint density at radius 3 is 2.24 bits per heavy atom. The molecule has 2 N–H and O–H groups in total. The zero-order valence-electron chi connectivity index (χ0n) is 15.8. The third-order valence-corrected chi connectivity index (χ3v) is 4.87. The second-order valence-corrected chi connectivity index (χ2v) is 7.04. The Labute approximate surface area is 174 Å². The molecule has 2 aromatic carbocycles. The fraction of sp³-hybridized carbons (Fsp3) is 0.182. The molecule has 0 aromatic heterocycles. The van der Waals surface area contributed by atoms with Crippen LogP contribution in [-0.4, -0.2) is 48.1 Å². The van der Waals surface area contributed by atoms with Gasteiger partial charge in [-0.25, -0.2) is 5.48 Å². The minimum atomic E-state index is -0.599. The van der Waals surface area contributed by atoms with Crippen LogP contribution in [0.4, 0.5) is 5.69 Å². The van der Waals surface area contributed by atoms with Crippen LogP contribution in [-0.2, 0) is 9.59 Å². The standard InChI is InChI=1S/C22H22ClN3O3/c23-19-5-2-6-20(16-19)25-11-13-26(14-12-25)22(28)10-8-18-4-1-3-17(15-18)7-9-21(27)24-29/h1-10,15-16,29H,11-14H2,(H,24,27). The van der Waals surface area contributed by atoms with Gasteiger partial charge in [0, 0.05) is 49.0 Å². The van der Waals surface area contributed by atoms with Gasteiger partial charge in [-0.3, -0.25) is 14.8 Å². The van der Waals surface area contributed by atoms with Crippen LogP contribution in [0.1, 0.15) is 11.1 Å². The molecule has 150 valence electrons. The number of nitrogens with one attached hydrogen (secondary N) is 1. The van der Waals surface area contributed by atoms with E-state index in [1.807, 2.05) is 53.4 Å². The van der Waals surface area contributed by atoms with E-state index in [0.717, 1.165) is 29.9 Å². The van der Waals surface area contributed by atoms with Gasteiger partial charge in [0.05, 0.1) is 0 Å². The maximum absolute atomic E-state index is 12.5. The summed E-state index contributed by atoms with van der Waals surface area (Å²) >= 11 is 6.06. The molecular weight excluding hydrogens is 390 g/mol. The van der Waals surface area contributed by atoms with Gasteiger partial charge in [-0.1, -0.05) is 35.9 Å². The molecule has 1 fully saturated rings. The fourth-order valence-electron chi connectivity index (χ4n) is 3.11. The van der Waals surface area contributed by atoms with E-state index in [1.165, 1.54) is 6.08 Å². The smallest absolute Gasteiger partial charge is 0.267 e. The normalized spacial score (nSPS) is 14.6. The van der Waals surface area contributed by atoms with Crippen molar-refractivity contribution in [2.24, 2.45) is 0 Å². The molecule has 0 saturated carbocycles. The third kappa shape index (κ3) is 5.94. The quantitative estimate of drug-likeness (QED) is 0.450. The Morgan fingerprint density at radius 1 is 0.931 bits per heavy atom. The first-order valence-corrected chi connectivity index (χ1v) is 9.63. The molecule has 0 radical (unpaired) electrons. The zero-order valence-corrected chi connectivity index (χ0v) is 16.5. The van der Waals surface area contributed by atoms with Crippen molar-refractivity contribution >= 4 is 41.3 Å². The number of hydroxylamine groups is 1. The predicted molar refractivity (Wildman–Crippen MR) is 115 cm³/mol. The molecule has 0 atom stereocenters. The van der Waals surface area contributed by atoms with Crippen LogP contribution in [0.2, 0.25) is 5.02 Å². The zero-order chi connectivity index (χ0) is 20.6. The van der Waals surface area contributed by atoms with E-state index >= 15 is 0 Å². The molecule has 29 heavy (non-hydrogen) atoms. The van der Waals surface area contributed by atoms with Crippen molar-refractivity contribution in [2.45, 2.75) is 0 Å². The van der Waals surface area contributed by atoms with E-state index in [9.17, 15) is 9.59 Å². The number of halogens is 1. The molecule has 1 saturated heterocycles. The highest BCUT2D eigenvalue weighted by atomic mass is 35.5. The van der Waals surface area contributed by atoms with E-state index in [2.05, 4.69) is 4.90 Å². The Hall–Kier alpha value is -3.09. The summed E-state index contributed by atoms with van der Waals surface area (Å²) in [4.78, 5) is 27.6. The van der Waals surface area contributed by atoms with Gasteiger partial charge in [-0.05, 0) is 47.5 Å². The SMILES string of the molecule is O=C(C=Cc1cccc(C=CC(=O)N2CCN(c3cccc(Cl)c3)CC2)c1)NO. The number of carbonyl (C=O) groups excluding carboxylic acids is 2. The van der Waals surface area contributed by atoms with Crippen molar-refractivity contribution in [1.29, 1.82) is 0 Å². The number of nitrogens with zero attached hydrogens (tertiary/aromatic N) is 2. The van der Waals surface area contributed by atoms with Crippen molar-refractivity contribution < 1.29 is 14.8 Å². The van der Waals surface area contributed by atoms with Crippen molar-refractivity contribution in [3.05, 3.63) is 76.8 Å². The molecular formula is C22H22ClN3O3. The van der Waals surface area contributed by atoms with Gasteiger partial charge < -0.3 is 9.80 Å². The van der Waals surface area contributed by atoms with E-state index in [4.69, 9.17) is 16.8 Å². The van der Waals surface area contributed by atoms with E-state index < -0.39 is 5.91 Å². The summed E-state index contributed by atoms with van der Waals surface area (Å²) in [5.41, 5.74) is 4.25. The van der Waals surface area contributed by atoms with Crippen LogP contribution < -0.4 is 10.4 Å². The average molecular weight is 412 g/mol. The molecule has 0 spiro atoms. The van der Waals surface area contributed by atoms with Gasteiger partial charge >= 0.3 is 0 Å². The Bertz CT molecular complexity index is 934. The first-order chi connectivity index (χ1) is 14.0. The van der Waals surface area contributed by atoms with Crippen LogP contribution in [0, 0.1) is 0 Å². The molecule has 0 aliphatic carbocycles. The molecule has 1 aliphatic heterocycles. The van der Waals surface area contributed by atoms with Crippen LogP contribution in [0.25, 0.3) is 12.2 Å². The van der Waals surface area contributed by atoms with Crippen molar-refractivity contribution in [2.75, 3.05) is 31.1 Å². The van der Waals surface area contributed by atoms with Gasteiger partial charge in [0.25, 0.3) is 5.91 Å². The highest BCUT2D eigenvalue weighted by Gasteiger charge is 2.19. The minimum absolute atomic E-state index is 0.0312. The summed E-state index contributed by atoms with van der Waals surface area (Å²) < 4.78 is 0. The third-order valence-electron chi connectivity index (χ3n) is 4.63. The van der Waals surface area contributed by atoms with E-state index in [-0.39, 0.29) is 5.91 Å². The lowest BCUT2D eigenvalue weighted by molar-refractivity contribution is -0.126. The van der Waals surface area contributed by atoms with Gasteiger partial charge in [0.1, 0.15) is 0 Å². The van der Waals surface area contributed by atoms with Crippen molar-refractivity contribution in [1.82, 2.24) is 10.4 Å². The second-order valence-electron chi connectivity index (χ2n) is 6.61. The number of piperazine rings is 1. The minimum Gasteiger partial charge on any atom is -0.368 e. The van der Waals surface area contributed by atoms with Gasteiger partial charge in [-0.2, -0.15) is 0 Å². The number of amides is 2. The average Bonchev–Trinajstić information content (AvgIpc) is 2.76. The molecule has 7 heteroatoms. The summed E-state index contributed by atoms with van der Waals surface area (Å²) in [5.74, 6) is -0.630. The highest BCUT2D eigenvalue weighted by Crippen LogP contribution is 2.21. The molecule has 2 aromatic rings. The summed E-state index contributed by atoms with van der Waals surface area (Å²) in [6, 6.07) is 15.1. The number of benzene rings is 2. The van der Waals surface area contributed by atoms with Gasteiger partial charge in [0.15, 0.2) is 0 Å². The Morgan fingerprint density at radius 2 is 1.59 bits per heavy atom. The summed E-state index contributed by atoms with van der Waals surface area (Å²) in [5, 5.41) is 9.22. The molecule has 1 heterocycles. The van der Waals surface area contributed by atoms with Crippen molar-refractivity contribution in [3.8, 4) is 0 Å². The monoisotopic (exact) mass is 411 g/mol. The molecule has 2 amide bonds. The lowest BCUT2D eigenvalue weighted by atomic mass is 10.1. The van der Waals surface area contributed by atoms with Crippen LogP contribution in [0.15, 0.2) is 60.7 Å². The van der Waals surface area contributed by atoms with Crippen LogP contribution in [0.5, 0.6) is 0 Å². The first-order valence-electron chi connectivity index (χ1n) is 9.25. The lowest BCUT2D eigenvalue weighted by Crippen LogP contribution is -2.48. The largest absolute Gasteiger partial charge is 0.368 e. The maximum atomic E-state index is 12.5. The number of rotatable bonds is 5. The van der Waals surface area contributed by atoms with Crippen LogP contribution in [0.3, 0.4) is 0 Å². The molecule has 1 aliphatic rings. The number of hydrogen-bond donors (Lipinski definition) is 2. The Balaban J connectivity index is 1.56. The summed E-state index contributed by atoms with van der Waals surface area (Å²) in [7, 11) is 0. The first kappa shape index (κ1) is 20.6.